The maximum absolute atomic E-state index is 14.3. The van der Waals surface area contributed by atoms with E-state index in [2.05, 4.69) is 25.5 Å². The summed E-state index contributed by atoms with van der Waals surface area (Å²) in [5, 5.41) is 20.6. The fraction of sp³-hybridized carbons (Fsp3) is 0.278. The third-order valence-electron chi connectivity index (χ3n) is 4.03. The standard InChI is InChI=1S/C18H16F3N7S/c1-10(2)9-27-16(11-5-3-4-6-12(11)19)23-25-18(27)29-14-8-7-13-22-24-17(15(20)21)28(13)26-14/h3-8,10,15H,9H2,1-2H3. The predicted molar refractivity (Wildman–Crippen MR) is 100 cm³/mol. The number of hydrogen-bond acceptors (Lipinski definition) is 6. The van der Waals surface area contributed by atoms with Crippen LogP contribution in [0.25, 0.3) is 17.0 Å². The molecule has 0 saturated heterocycles. The van der Waals surface area contributed by atoms with Crippen molar-refractivity contribution in [2.75, 3.05) is 0 Å². The molecule has 3 aromatic heterocycles. The number of rotatable bonds is 6. The van der Waals surface area contributed by atoms with Gasteiger partial charge in [-0.3, -0.25) is 0 Å². The van der Waals surface area contributed by atoms with Gasteiger partial charge in [0.1, 0.15) is 10.8 Å². The molecule has 11 heteroatoms. The highest BCUT2D eigenvalue weighted by Crippen LogP contribution is 2.30. The van der Waals surface area contributed by atoms with Gasteiger partial charge in [-0.25, -0.2) is 13.2 Å². The molecule has 0 amide bonds. The van der Waals surface area contributed by atoms with Gasteiger partial charge in [0.15, 0.2) is 16.6 Å². The first-order chi connectivity index (χ1) is 13.9. The molecule has 4 rings (SSSR count). The molecular formula is C18H16F3N7S. The molecule has 0 N–H and O–H groups in total. The fourth-order valence-electron chi connectivity index (χ4n) is 2.81. The first kappa shape index (κ1) is 19.4. The van der Waals surface area contributed by atoms with Crippen molar-refractivity contribution in [3.05, 3.63) is 48.0 Å². The zero-order valence-electron chi connectivity index (χ0n) is 15.5. The molecule has 0 radical (unpaired) electrons. The summed E-state index contributed by atoms with van der Waals surface area (Å²) in [7, 11) is 0. The van der Waals surface area contributed by atoms with Gasteiger partial charge in [0.2, 0.25) is 5.82 Å². The van der Waals surface area contributed by atoms with Crippen molar-refractivity contribution < 1.29 is 13.2 Å². The van der Waals surface area contributed by atoms with Crippen molar-refractivity contribution in [1.29, 1.82) is 0 Å². The lowest BCUT2D eigenvalue weighted by atomic mass is 10.2. The van der Waals surface area contributed by atoms with Crippen molar-refractivity contribution in [1.82, 2.24) is 34.6 Å². The van der Waals surface area contributed by atoms with Crippen LogP contribution >= 0.6 is 11.8 Å². The van der Waals surface area contributed by atoms with Crippen LogP contribution in [0.5, 0.6) is 0 Å². The number of halogens is 3. The highest BCUT2D eigenvalue weighted by Gasteiger charge is 2.21. The van der Waals surface area contributed by atoms with E-state index >= 15 is 0 Å². The van der Waals surface area contributed by atoms with Crippen molar-refractivity contribution >= 4 is 17.4 Å². The highest BCUT2D eigenvalue weighted by molar-refractivity contribution is 7.99. The van der Waals surface area contributed by atoms with Gasteiger partial charge in [-0.1, -0.05) is 26.0 Å². The Morgan fingerprint density at radius 2 is 1.79 bits per heavy atom. The summed E-state index contributed by atoms with van der Waals surface area (Å²) in [5.41, 5.74) is 0.565. The minimum Gasteiger partial charge on any atom is -0.301 e. The van der Waals surface area contributed by atoms with Crippen molar-refractivity contribution in [2.24, 2.45) is 5.92 Å². The lowest BCUT2D eigenvalue weighted by Crippen LogP contribution is -2.08. The average molecular weight is 419 g/mol. The van der Waals surface area contributed by atoms with Crippen molar-refractivity contribution in [3.63, 3.8) is 0 Å². The molecule has 0 aliphatic carbocycles. The van der Waals surface area contributed by atoms with Crippen molar-refractivity contribution in [2.45, 2.75) is 37.0 Å². The van der Waals surface area contributed by atoms with E-state index in [9.17, 15) is 13.2 Å². The van der Waals surface area contributed by atoms with Crippen LogP contribution in [0.15, 0.2) is 46.6 Å². The summed E-state index contributed by atoms with van der Waals surface area (Å²) in [6.07, 6.45) is -2.80. The summed E-state index contributed by atoms with van der Waals surface area (Å²) < 4.78 is 43.3. The summed E-state index contributed by atoms with van der Waals surface area (Å²) >= 11 is 1.15. The van der Waals surface area contributed by atoms with E-state index in [0.29, 0.717) is 28.1 Å². The monoisotopic (exact) mass is 419 g/mol. The predicted octanol–water partition coefficient (Wildman–Crippen LogP) is 4.27. The molecule has 4 aromatic rings. The summed E-state index contributed by atoms with van der Waals surface area (Å²) in [6, 6.07) is 9.53. The van der Waals surface area contributed by atoms with Gasteiger partial charge in [-0.15, -0.1) is 20.4 Å². The molecule has 0 fully saturated rings. The Labute approximate surface area is 168 Å². The maximum Gasteiger partial charge on any atom is 0.299 e. The Kier molecular flexibility index (Phi) is 5.22. The SMILES string of the molecule is CC(C)Cn1c(Sc2ccc3nnc(C(F)F)n3n2)nnc1-c1ccccc1F. The van der Waals surface area contributed by atoms with Gasteiger partial charge in [0, 0.05) is 6.54 Å². The first-order valence-electron chi connectivity index (χ1n) is 8.80. The van der Waals surface area contributed by atoms with E-state index in [0.717, 1.165) is 16.3 Å². The van der Waals surface area contributed by atoms with Crippen LogP contribution in [-0.4, -0.2) is 34.6 Å². The van der Waals surface area contributed by atoms with Gasteiger partial charge in [-0.05, 0) is 41.9 Å². The summed E-state index contributed by atoms with van der Waals surface area (Å²) in [5.74, 6) is -0.280. The van der Waals surface area contributed by atoms with Crippen LogP contribution in [0.4, 0.5) is 13.2 Å². The normalized spacial score (nSPS) is 11.8. The quantitative estimate of drug-likeness (QED) is 0.465. The number of hydrogen-bond donors (Lipinski definition) is 0. The Morgan fingerprint density at radius 3 is 2.52 bits per heavy atom. The second kappa shape index (κ2) is 7.82. The largest absolute Gasteiger partial charge is 0.301 e. The van der Waals surface area contributed by atoms with Crippen LogP contribution in [-0.2, 0) is 6.54 Å². The van der Waals surface area contributed by atoms with Gasteiger partial charge >= 0.3 is 0 Å². The third kappa shape index (κ3) is 3.82. The number of alkyl halides is 2. The van der Waals surface area contributed by atoms with Crippen LogP contribution in [0.1, 0.15) is 26.1 Å². The smallest absolute Gasteiger partial charge is 0.299 e. The van der Waals surface area contributed by atoms with E-state index in [1.807, 2.05) is 13.8 Å². The third-order valence-corrected chi connectivity index (χ3v) is 4.94. The molecule has 3 heterocycles. The van der Waals surface area contributed by atoms with E-state index in [1.165, 1.54) is 6.07 Å². The van der Waals surface area contributed by atoms with Gasteiger partial charge < -0.3 is 4.57 Å². The fourth-order valence-corrected chi connectivity index (χ4v) is 3.61. The highest BCUT2D eigenvalue weighted by atomic mass is 32.2. The second-order valence-corrected chi connectivity index (χ2v) is 7.68. The van der Waals surface area contributed by atoms with E-state index < -0.39 is 18.1 Å². The maximum atomic E-state index is 14.3. The van der Waals surface area contributed by atoms with E-state index in [1.54, 1.807) is 34.9 Å². The minimum atomic E-state index is -2.80. The molecule has 0 aliphatic rings. The van der Waals surface area contributed by atoms with E-state index in [4.69, 9.17) is 0 Å². The molecule has 29 heavy (non-hydrogen) atoms. The lowest BCUT2D eigenvalue weighted by molar-refractivity contribution is 0.137. The Morgan fingerprint density at radius 1 is 1.00 bits per heavy atom. The average Bonchev–Trinajstić information content (AvgIpc) is 3.26. The molecule has 0 atom stereocenters. The molecule has 0 aliphatic heterocycles. The van der Waals surface area contributed by atoms with E-state index in [-0.39, 0.29) is 11.6 Å². The van der Waals surface area contributed by atoms with Crippen LogP contribution in [0.2, 0.25) is 0 Å². The number of fused-ring (bicyclic) bond motifs is 1. The van der Waals surface area contributed by atoms with Crippen LogP contribution in [0.3, 0.4) is 0 Å². The zero-order valence-corrected chi connectivity index (χ0v) is 16.3. The summed E-state index contributed by atoms with van der Waals surface area (Å²) in [6.45, 7) is 4.60. The molecule has 0 saturated carbocycles. The Balaban J connectivity index is 1.75. The Bertz CT molecular complexity index is 1160. The number of aromatic nitrogens is 7. The van der Waals surface area contributed by atoms with Crippen LogP contribution < -0.4 is 0 Å². The molecule has 0 spiro atoms. The van der Waals surface area contributed by atoms with Crippen molar-refractivity contribution in [3.8, 4) is 11.4 Å². The Hall–Kier alpha value is -2.95. The molecule has 7 nitrogen and oxygen atoms in total. The molecular weight excluding hydrogens is 403 g/mol. The topological polar surface area (TPSA) is 73.8 Å². The lowest BCUT2D eigenvalue weighted by Gasteiger charge is -2.12. The molecule has 150 valence electrons. The summed E-state index contributed by atoms with van der Waals surface area (Å²) in [4.78, 5) is 0. The first-order valence-corrected chi connectivity index (χ1v) is 9.62. The van der Waals surface area contributed by atoms with Gasteiger partial charge in [0.05, 0.1) is 5.56 Å². The second-order valence-electron chi connectivity index (χ2n) is 6.69. The van der Waals surface area contributed by atoms with Crippen LogP contribution in [0, 0.1) is 11.7 Å². The minimum absolute atomic E-state index is 0.223. The van der Waals surface area contributed by atoms with Gasteiger partial charge in [0.25, 0.3) is 6.43 Å². The molecule has 0 bridgehead atoms. The molecule has 0 unspecified atom stereocenters. The molecule has 1 aromatic carbocycles. The number of benzene rings is 1. The zero-order chi connectivity index (χ0) is 20.5. The van der Waals surface area contributed by atoms with Gasteiger partial charge in [-0.2, -0.15) is 9.61 Å². The number of nitrogens with zero attached hydrogens (tertiary/aromatic N) is 7.